The van der Waals surface area contributed by atoms with Crippen LogP contribution >= 0.6 is 0 Å². The van der Waals surface area contributed by atoms with Crippen molar-refractivity contribution in [1.82, 2.24) is 5.32 Å². The molecule has 0 saturated carbocycles. The van der Waals surface area contributed by atoms with E-state index in [4.69, 9.17) is 0 Å². The molecule has 1 aliphatic rings. The number of benzene rings is 2. The van der Waals surface area contributed by atoms with Crippen molar-refractivity contribution in [1.29, 1.82) is 0 Å². The summed E-state index contributed by atoms with van der Waals surface area (Å²) in [5.74, 6) is -1.59. The Bertz CT molecular complexity index is 687. The van der Waals surface area contributed by atoms with E-state index in [2.05, 4.69) is 5.32 Å². The molecule has 3 nitrogen and oxygen atoms in total. The number of hydrogen-bond acceptors (Lipinski definition) is 2. The Balaban J connectivity index is 2.07. The zero-order valence-corrected chi connectivity index (χ0v) is 10.7. The van der Waals surface area contributed by atoms with Crippen molar-refractivity contribution in [3.63, 3.8) is 0 Å². The number of anilines is 1. The Kier molecular flexibility index (Phi) is 2.89. The summed E-state index contributed by atoms with van der Waals surface area (Å²) in [5, 5.41) is 2.72. The van der Waals surface area contributed by atoms with Crippen LogP contribution < -0.4 is 10.2 Å². The summed E-state index contributed by atoms with van der Waals surface area (Å²) in [5.41, 5.74) is 1.48. The van der Waals surface area contributed by atoms with Crippen LogP contribution in [0, 0.1) is 11.6 Å². The van der Waals surface area contributed by atoms with E-state index in [0.717, 1.165) is 6.07 Å². The van der Waals surface area contributed by atoms with Gasteiger partial charge in [0.05, 0.1) is 11.3 Å². The standard InChI is InChI=1S/C15H12F2N2O/c1-19-13-5-3-2-4-11(13)15(20)18-14(19)10-7-6-9(16)8-12(10)17/h2-8,14H,1H3,(H,18,20). The SMILES string of the molecule is CN1c2ccccc2C(=O)NC1c1ccc(F)cc1F. The molecular formula is C15H12F2N2O. The van der Waals surface area contributed by atoms with Crippen LogP contribution in [0.2, 0.25) is 0 Å². The average molecular weight is 274 g/mol. The van der Waals surface area contributed by atoms with Crippen LogP contribution in [-0.2, 0) is 0 Å². The Morgan fingerprint density at radius 1 is 1.15 bits per heavy atom. The molecule has 3 rings (SSSR count). The second kappa shape index (κ2) is 4.59. The quantitative estimate of drug-likeness (QED) is 0.867. The summed E-state index contributed by atoms with van der Waals surface area (Å²) in [6.45, 7) is 0. The fourth-order valence-electron chi connectivity index (χ4n) is 2.42. The van der Waals surface area contributed by atoms with Crippen LogP contribution in [0.1, 0.15) is 22.1 Å². The number of nitrogens with zero attached hydrogens (tertiary/aromatic N) is 1. The first-order chi connectivity index (χ1) is 9.58. The molecule has 20 heavy (non-hydrogen) atoms. The lowest BCUT2D eigenvalue weighted by Crippen LogP contribution is -2.45. The smallest absolute Gasteiger partial charge is 0.255 e. The van der Waals surface area contributed by atoms with Crippen LogP contribution in [0.15, 0.2) is 42.5 Å². The van der Waals surface area contributed by atoms with Gasteiger partial charge in [0.15, 0.2) is 0 Å². The fraction of sp³-hybridized carbons (Fsp3) is 0.133. The molecule has 102 valence electrons. The third-order valence-electron chi connectivity index (χ3n) is 3.44. The number of carbonyl (C=O) groups excluding carboxylic acids is 1. The number of hydrogen-bond donors (Lipinski definition) is 1. The lowest BCUT2D eigenvalue weighted by atomic mass is 10.0. The molecule has 0 spiro atoms. The zero-order chi connectivity index (χ0) is 14.3. The second-order valence-electron chi connectivity index (χ2n) is 4.67. The summed E-state index contributed by atoms with van der Waals surface area (Å²) < 4.78 is 26.9. The molecule has 1 aliphatic heterocycles. The van der Waals surface area contributed by atoms with Gasteiger partial charge in [-0.1, -0.05) is 12.1 Å². The topological polar surface area (TPSA) is 32.3 Å². The maximum absolute atomic E-state index is 13.9. The molecule has 5 heteroatoms. The summed E-state index contributed by atoms with van der Waals surface area (Å²) in [6, 6.07) is 10.4. The second-order valence-corrected chi connectivity index (χ2v) is 4.67. The van der Waals surface area contributed by atoms with Crippen molar-refractivity contribution in [3.8, 4) is 0 Å². The number of fused-ring (bicyclic) bond motifs is 1. The molecule has 2 aromatic rings. The van der Waals surface area contributed by atoms with Crippen molar-refractivity contribution in [2.45, 2.75) is 6.17 Å². The van der Waals surface area contributed by atoms with Gasteiger partial charge in [-0.05, 0) is 24.3 Å². The highest BCUT2D eigenvalue weighted by Crippen LogP contribution is 2.32. The minimum atomic E-state index is -0.679. The van der Waals surface area contributed by atoms with Crippen molar-refractivity contribution >= 4 is 11.6 Å². The molecule has 1 atom stereocenters. The highest BCUT2D eigenvalue weighted by molar-refractivity contribution is 6.01. The summed E-state index contributed by atoms with van der Waals surface area (Å²) in [4.78, 5) is 13.8. The highest BCUT2D eigenvalue weighted by atomic mass is 19.1. The van der Waals surface area contributed by atoms with Crippen LogP contribution in [0.4, 0.5) is 14.5 Å². The highest BCUT2D eigenvalue weighted by Gasteiger charge is 2.30. The first-order valence-corrected chi connectivity index (χ1v) is 6.15. The van der Waals surface area contributed by atoms with Gasteiger partial charge in [0.2, 0.25) is 0 Å². The largest absolute Gasteiger partial charge is 0.350 e. The fourth-order valence-corrected chi connectivity index (χ4v) is 2.42. The van der Waals surface area contributed by atoms with Gasteiger partial charge in [0, 0.05) is 18.7 Å². The molecular weight excluding hydrogens is 262 g/mol. The van der Waals surface area contributed by atoms with Crippen LogP contribution in [-0.4, -0.2) is 13.0 Å². The Hall–Kier alpha value is -2.43. The minimum Gasteiger partial charge on any atom is -0.350 e. The predicted octanol–water partition coefficient (Wildman–Crippen LogP) is 2.84. The zero-order valence-electron chi connectivity index (χ0n) is 10.7. The number of para-hydroxylation sites is 1. The van der Waals surface area contributed by atoms with E-state index in [1.165, 1.54) is 12.1 Å². The van der Waals surface area contributed by atoms with Crippen molar-refractivity contribution in [2.75, 3.05) is 11.9 Å². The Morgan fingerprint density at radius 3 is 2.65 bits per heavy atom. The molecule has 0 aliphatic carbocycles. The number of amides is 1. The third-order valence-corrected chi connectivity index (χ3v) is 3.44. The maximum atomic E-state index is 13.9. The maximum Gasteiger partial charge on any atom is 0.255 e. The van der Waals surface area contributed by atoms with Gasteiger partial charge in [0.25, 0.3) is 5.91 Å². The molecule has 1 heterocycles. The van der Waals surface area contributed by atoms with Crippen molar-refractivity contribution < 1.29 is 13.6 Å². The third kappa shape index (κ3) is 1.91. The molecule has 1 amide bonds. The van der Waals surface area contributed by atoms with E-state index < -0.39 is 17.8 Å². The molecule has 1 N–H and O–H groups in total. The van der Waals surface area contributed by atoms with E-state index in [9.17, 15) is 13.6 Å². The molecule has 0 bridgehead atoms. The van der Waals surface area contributed by atoms with E-state index in [0.29, 0.717) is 11.3 Å². The summed E-state index contributed by atoms with van der Waals surface area (Å²) >= 11 is 0. The summed E-state index contributed by atoms with van der Waals surface area (Å²) in [7, 11) is 1.76. The number of halogens is 2. The molecule has 0 saturated heterocycles. The van der Waals surface area contributed by atoms with Crippen LogP contribution in [0.25, 0.3) is 0 Å². The van der Waals surface area contributed by atoms with Gasteiger partial charge < -0.3 is 10.2 Å². The van der Waals surface area contributed by atoms with E-state index >= 15 is 0 Å². The van der Waals surface area contributed by atoms with Crippen LogP contribution in [0.5, 0.6) is 0 Å². The minimum absolute atomic E-state index is 0.233. The van der Waals surface area contributed by atoms with Gasteiger partial charge in [-0.3, -0.25) is 4.79 Å². The van der Waals surface area contributed by atoms with E-state index in [1.807, 2.05) is 6.07 Å². The molecule has 0 radical (unpaired) electrons. The van der Waals surface area contributed by atoms with Gasteiger partial charge in [0.1, 0.15) is 17.8 Å². The Morgan fingerprint density at radius 2 is 1.90 bits per heavy atom. The first kappa shape index (κ1) is 12.6. The van der Waals surface area contributed by atoms with Gasteiger partial charge in [-0.2, -0.15) is 0 Å². The van der Waals surface area contributed by atoms with Crippen molar-refractivity contribution in [2.24, 2.45) is 0 Å². The van der Waals surface area contributed by atoms with Gasteiger partial charge in [-0.15, -0.1) is 0 Å². The number of carbonyl (C=O) groups is 1. The first-order valence-electron chi connectivity index (χ1n) is 6.15. The van der Waals surface area contributed by atoms with Crippen molar-refractivity contribution in [3.05, 3.63) is 65.2 Å². The number of nitrogens with one attached hydrogen (secondary N) is 1. The summed E-state index contributed by atoms with van der Waals surface area (Å²) in [6.07, 6.45) is -0.655. The molecule has 2 aromatic carbocycles. The number of rotatable bonds is 1. The molecule has 1 unspecified atom stereocenters. The monoisotopic (exact) mass is 274 g/mol. The predicted molar refractivity (Wildman–Crippen MR) is 71.4 cm³/mol. The van der Waals surface area contributed by atoms with Gasteiger partial charge in [-0.25, -0.2) is 8.78 Å². The van der Waals surface area contributed by atoms with E-state index in [1.54, 1.807) is 30.1 Å². The van der Waals surface area contributed by atoms with Gasteiger partial charge >= 0.3 is 0 Å². The lowest BCUT2D eigenvalue weighted by Gasteiger charge is -2.36. The Labute approximate surface area is 114 Å². The average Bonchev–Trinajstić information content (AvgIpc) is 2.43. The normalized spacial score (nSPS) is 17.6. The molecule has 0 fully saturated rings. The molecule has 0 aromatic heterocycles. The van der Waals surface area contributed by atoms with Crippen LogP contribution in [0.3, 0.4) is 0 Å². The lowest BCUT2D eigenvalue weighted by molar-refractivity contribution is 0.0927. The van der Waals surface area contributed by atoms with E-state index in [-0.39, 0.29) is 11.5 Å².